The van der Waals surface area contributed by atoms with Gasteiger partial charge in [-0.05, 0) is 36.6 Å². The smallest absolute Gasteiger partial charge is 0.135 e. The molecule has 120 valence electrons. The van der Waals surface area contributed by atoms with Gasteiger partial charge in [0.1, 0.15) is 18.0 Å². The zero-order valence-corrected chi connectivity index (χ0v) is 13.7. The van der Waals surface area contributed by atoms with E-state index in [-0.39, 0.29) is 0 Å². The molecule has 0 saturated carbocycles. The van der Waals surface area contributed by atoms with Gasteiger partial charge in [-0.3, -0.25) is 0 Å². The van der Waals surface area contributed by atoms with Crippen molar-refractivity contribution in [2.75, 3.05) is 10.2 Å². The van der Waals surface area contributed by atoms with Crippen molar-refractivity contribution < 1.29 is 0 Å². The minimum Gasteiger partial charge on any atom is -0.349 e. The van der Waals surface area contributed by atoms with E-state index in [1.54, 1.807) is 6.33 Å². The highest BCUT2D eigenvalue weighted by Crippen LogP contribution is 2.28. The molecule has 0 fully saturated rings. The standard InChI is InChI=1S/C20H20N4/c1-15-11-16-7-5-6-8-17(16)13-24(15)20-12-19(21-14-22-20)23-18-9-3-2-4-10-18/h2-10,12,14-15H,11,13H2,1H3,(H,21,22,23)/t15-/m0/s1. The number of para-hydroxylation sites is 1. The summed E-state index contributed by atoms with van der Waals surface area (Å²) in [5.41, 5.74) is 3.85. The fraction of sp³-hybridized carbons (Fsp3) is 0.200. The van der Waals surface area contributed by atoms with Crippen molar-refractivity contribution in [3.05, 3.63) is 78.1 Å². The van der Waals surface area contributed by atoms with Gasteiger partial charge in [-0.2, -0.15) is 0 Å². The summed E-state index contributed by atoms with van der Waals surface area (Å²) in [6, 6.07) is 21.2. The average Bonchev–Trinajstić information content (AvgIpc) is 2.62. The Morgan fingerprint density at radius 1 is 0.958 bits per heavy atom. The van der Waals surface area contributed by atoms with Crippen LogP contribution in [0.4, 0.5) is 17.3 Å². The lowest BCUT2D eigenvalue weighted by molar-refractivity contribution is 0.586. The Morgan fingerprint density at radius 2 is 1.71 bits per heavy atom. The molecule has 2 heterocycles. The van der Waals surface area contributed by atoms with E-state index in [2.05, 4.69) is 51.4 Å². The molecular formula is C20H20N4. The van der Waals surface area contributed by atoms with Gasteiger partial charge in [0.05, 0.1) is 0 Å². The number of hydrogen-bond donors (Lipinski definition) is 1. The summed E-state index contributed by atoms with van der Waals surface area (Å²) in [5.74, 6) is 1.78. The van der Waals surface area contributed by atoms with E-state index in [9.17, 15) is 0 Å². The van der Waals surface area contributed by atoms with Gasteiger partial charge in [-0.25, -0.2) is 9.97 Å². The van der Waals surface area contributed by atoms with Crippen molar-refractivity contribution in [3.63, 3.8) is 0 Å². The molecule has 0 unspecified atom stereocenters. The number of aromatic nitrogens is 2. The van der Waals surface area contributed by atoms with Crippen LogP contribution in [0.2, 0.25) is 0 Å². The van der Waals surface area contributed by atoms with Crippen molar-refractivity contribution in [2.45, 2.75) is 25.9 Å². The highest BCUT2D eigenvalue weighted by Gasteiger charge is 2.23. The Morgan fingerprint density at radius 3 is 2.54 bits per heavy atom. The van der Waals surface area contributed by atoms with E-state index in [4.69, 9.17) is 0 Å². The van der Waals surface area contributed by atoms with Crippen LogP contribution in [0, 0.1) is 0 Å². The van der Waals surface area contributed by atoms with E-state index < -0.39 is 0 Å². The first-order chi connectivity index (χ1) is 11.8. The Balaban J connectivity index is 1.59. The van der Waals surface area contributed by atoms with E-state index in [1.165, 1.54) is 11.1 Å². The lowest BCUT2D eigenvalue weighted by atomic mass is 9.95. The fourth-order valence-electron chi connectivity index (χ4n) is 3.23. The molecule has 0 bridgehead atoms. The van der Waals surface area contributed by atoms with Gasteiger partial charge in [0, 0.05) is 24.3 Å². The average molecular weight is 316 g/mol. The molecule has 0 amide bonds. The number of anilines is 3. The molecule has 1 aliphatic rings. The highest BCUT2D eigenvalue weighted by atomic mass is 15.2. The van der Waals surface area contributed by atoms with Crippen LogP contribution >= 0.6 is 0 Å². The fourth-order valence-corrected chi connectivity index (χ4v) is 3.23. The second-order valence-corrected chi connectivity index (χ2v) is 6.20. The zero-order valence-electron chi connectivity index (χ0n) is 13.7. The largest absolute Gasteiger partial charge is 0.349 e. The third-order valence-corrected chi connectivity index (χ3v) is 4.50. The summed E-state index contributed by atoms with van der Waals surface area (Å²) in [5, 5.41) is 3.34. The van der Waals surface area contributed by atoms with Crippen LogP contribution in [-0.2, 0) is 13.0 Å². The monoisotopic (exact) mass is 316 g/mol. The van der Waals surface area contributed by atoms with E-state index in [0.717, 1.165) is 30.3 Å². The predicted octanol–water partition coefficient (Wildman–Crippen LogP) is 4.17. The number of benzene rings is 2. The summed E-state index contributed by atoms with van der Waals surface area (Å²) in [6.45, 7) is 3.14. The third kappa shape index (κ3) is 2.95. The molecule has 3 aromatic rings. The molecule has 1 N–H and O–H groups in total. The molecule has 1 aromatic heterocycles. The van der Waals surface area contributed by atoms with Gasteiger partial charge >= 0.3 is 0 Å². The molecule has 0 radical (unpaired) electrons. The Labute approximate surface area is 142 Å². The van der Waals surface area contributed by atoms with Crippen LogP contribution in [0.3, 0.4) is 0 Å². The van der Waals surface area contributed by atoms with Crippen molar-refractivity contribution in [2.24, 2.45) is 0 Å². The normalized spacial score (nSPS) is 16.5. The van der Waals surface area contributed by atoms with Gasteiger partial charge < -0.3 is 10.2 Å². The summed E-state index contributed by atoms with van der Waals surface area (Å²) >= 11 is 0. The molecule has 24 heavy (non-hydrogen) atoms. The lowest BCUT2D eigenvalue weighted by Gasteiger charge is -2.35. The Hall–Kier alpha value is -2.88. The van der Waals surface area contributed by atoms with Gasteiger partial charge in [-0.15, -0.1) is 0 Å². The first kappa shape index (κ1) is 14.7. The van der Waals surface area contributed by atoms with Crippen LogP contribution < -0.4 is 10.2 Å². The molecule has 0 saturated heterocycles. The van der Waals surface area contributed by atoms with E-state index >= 15 is 0 Å². The van der Waals surface area contributed by atoms with E-state index in [1.807, 2.05) is 36.4 Å². The SMILES string of the molecule is C[C@H]1Cc2ccccc2CN1c1cc(Nc2ccccc2)ncn1. The summed E-state index contributed by atoms with van der Waals surface area (Å²) in [6.07, 6.45) is 2.68. The Kier molecular flexibility index (Phi) is 3.87. The van der Waals surface area contributed by atoms with E-state index in [0.29, 0.717) is 6.04 Å². The number of fused-ring (bicyclic) bond motifs is 1. The van der Waals surface area contributed by atoms with Gasteiger partial charge in [0.15, 0.2) is 0 Å². The minimum absolute atomic E-state index is 0.416. The molecule has 0 spiro atoms. The Bertz CT molecular complexity index is 832. The summed E-state index contributed by atoms with van der Waals surface area (Å²) in [7, 11) is 0. The first-order valence-corrected chi connectivity index (χ1v) is 8.27. The quantitative estimate of drug-likeness (QED) is 0.787. The number of nitrogens with one attached hydrogen (secondary N) is 1. The second kappa shape index (κ2) is 6.32. The lowest BCUT2D eigenvalue weighted by Crippen LogP contribution is -2.38. The molecule has 2 aromatic carbocycles. The summed E-state index contributed by atoms with van der Waals surface area (Å²) < 4.78 is 0. The van der Waals surface area contributed by atoms with Gasteiger partial charge in [0.2, 0.25) is 0 Å². The second-order valence-electron chi connectivity index (χ2n) is 6.20. The molecule has 4 heteroatoms. The number of rotatable bonds is 3. The minimum atomic E-state index is 0.416. The van der Waals surface area contributed by atoms with Crippen LogP contribution in [0.15, 0.2) is 67.0 Å². The van der Waals surface area contributed by atoms with Gasteiger partial charge in [0.25, 0.3) is 0 Å². The topological polar surface area (TPSA) is 41.0 Å². The molecular weight excluding hydrogens is 296 g/mol. The maximum Gasteiger partial charge on any atom is 0.135 e. The van der Waals surface area contributed by atoms with Crippen molar-refractivity contribution in [1.29, 1.82) is 0 Å². The van der Waals surface area contributed by atoms with Crippen LogP contribution in [-0.4, -0.2) is 16.0 Å². The zero-order chi connectivity index (χ0) is 16.4. The van der Waals surface area contributed by atoms with Crippen molar-refractivity contribution in [3.8, 4) is 0 Å². The van der Waals surface area contributed by atoms with Crippen LogP contribution in [0.1, 0.15) is 18.1 Å². The van der Waals surface area contributed by atoms with Crippen molar-refractivity contribution >= 4 is 17.3 Å². The molecule has 4 rings (SSSR count). The summed E-state index contributed by atoms with van der Waals surface area (Å²) in [4.78, 5) is 11.2. The number of hydrogen-bond acceptors (Lipinski definition) is 4. The van der Waals surface area contributed by atoms with Crippen molar-refractivity contribution in [1.82, 2.24) is 9.97 Å². The predicted molar refractivity (Wildman–Crippen MR) is 97.5 cm³/mol. The molecule has 1 atom stereocenters. The van der Waals surface area contributed by atoms with Gasteiger partial charge in [-0.1, -0.05) is 42.5 Å². The number of nitrogens with zero attached hydrogens (tertiary/aromatic N) is 3. The van der Waals surface area contributed by atoms with Crippen LogP contribution in [0.25, 0.3) is 0 Å². The maximum atomic E-state index is 4.50. The van der Waals surface area contributed by atoms with Crippen LogP contribution in [0.5, 0.6) is 0 Å². The molecule has 1 aliphatic heterocycles. The molecule has 0 aliphatic carbocycles. The molecule has 4 nitrogen and oxygen atoms in total. The highest BCUT2D eigenvalue weighted by molar-refractivity contribution is 5.59. The maximum absolute atomic E-state index is 4.50. The first-order valence-electron chi connectivity index (χ1n) is 8.27. The third-order valence-electron chi connectivity index (χ3n) is 4.50.